The van der Waals surface area contributed by atoms with Crippen molar-refractivity contribution in [3.8, 4) is 5.75 Å². The molecule has 1 heterocycles. The Morgan fingerprint density at radius 2 is 1.89 bits per heavy atom. The van der Waals surface area contributed by atoms with Gasteiger partial charge in [0.05, 0.1) is 18.9 Å². The van der Waals surface area contributed by atoms with Crippen molar-refractivity contribution in [3.05, 3.63) is 71.3 Å². The summed E-state index contributed by atoms with van der Waals surface area (Å²) in [6, 6.07) is 18.3. The summed E-state index contributed by atoms with van der Waals surface area (Å²) in [5.41, 5.74) is 4.61. The van der Waals surface area contributed by atoms with Gasteiger partial charge in [0.25, 0.3) is 0 Å². The highest BCUT2D eigenvalue weighted by atomic mass is 16.5. The van der Waals surface area contributed by atoms with Gasteiger partial charge in [-0.05, 0) is 54.2 Å². The van der Waals surface area contributed by atoms with Gasteiger partial charge in [-0.2, -0.15) is 5.10 Å². The Kier molecular flexibility index (Phi) is 4.80. The van der Waals surface area contributed by atoms with Gasteiger partial charge in [-0.15, -0.1) is 0 Å². The van der Waals surface area contributed by atoms with E-state index in [0.717, 1.165) is 36.3 Å². The number of amides is 1. The lowest BCUT2D eigenvalue weighted by Gasteiger charge is -2.29. The maximum atomic E-state index is 12.3. The molecule has 0 spiro atoms. The Balaban J connectivity index is 1.71. The minimum atomic E-state index is -0.0390. The van der Waals surface area contributed by atoms with Crippen LogP contribution in [0, 0.1) is 5.92 Å². The second kappa shape index (κ2) is 7.39. The van der Waals surface area contributed by atoms with Crippen molar-refractivity contribution in [2.24, 2.45) is 11.0 Å². The van der Waals surface area contributed by atoms with Gasteiger partial charge in [0.15, 0.2) is 0 Å². The first kappa shape index (κ1) is 17.5. The number of methoxy groups -OCH3 is 1. The predicted octanol–water partition coefficient (Wildman–Crippen LogP) is 4.84. The third-order valence-corrected chi connectivity index (χ3v) is 5.42. The fourth-order valence-corrected chi connectivity index (χ4v) is 4.15. The minimum Gasteiger partial charge on any atom is -0.497 e. The fourth-order valence-electron chi connectivity index (χ4n) is 4.15. The van der Waals surface area contributed by atoms with Gasteiger partial charge < -0.3 is 4.74 Å². The van der Waals surface area contributed by atoms with Crippen LogP contribution < -0.4 is 4.74 Å². The lowest BCUT2D eigenvalue weighted by molar-refractivity contribution is -0.131. The molecule has 4 nitrogen and oxygen atoms in total. The molecule has 2 aromatic rings. The van der Waals surface area contributed by atoms with Gasteiger partial charge in [-0.1, -0.05) is 42.5 Å². The molecular weight excluding hydrogens is 336 g/mol. The van der Waals surface area contributed by atoms with Crippen molar-refractivity contribution >= 4 is 17.7 Å². The Morgan fingerprint density at radius 1 is 1.15 bits per heavy atom. The van der Waals surface area contributed by atoms with Crippen LogP contribution in [0.4, 0.5) is 0 Å². The molecule has 2 atom stereocenters. The lowest BCUT2D eigenvalue weighted by atomic mass is 9.77. The third kappa shape index (κ3) is 3.39. The van der Waals surface area contributed by atoms with E-state index < -0.39 is 0 Å². The summed E-state index contributed by atoms with van der Waals surface area (Å²) in [7, 11) is 1.66. The van der Waals surface area contributed by atoms with Crippen LogP contribution in [0.3, 0.4) is 0 Å². The van der Waals surface area contributed by atoms with E-state index in [0.29, 0.717) is 0 Å². The summed E-state index contributed by atoms with van der Waals surface area (Å²) in [5, 5.41) is 6.46. The number of carbonyl (C=O) groups is 1. The number of allylic oxidation sites excluding steroid dienone is 1. The minimum absolute atomic E-state index is 0.0169. The Bertz CT molecular complexity index is 884. The zero-order valence-electron chi connectivity index (χ0n) is 15.8. The van der Waals surface area contributed by atoms with E-state index in [2.05, 4.69) is 18.2 Å². The summed E-state index contributed by atoms with van der Waals surface area (Å²) in [6.45, 7) is 1.60. The second-order valence-electron chi connectivity index (χ2n) is 7.15. The topological polar surface area (TPSA) is 41.9 Å². The van der Waals surface area contributed by atoms with Gasteiger partial charge in [-0.3, -0.25) is 4.79 Å². The molecule has 1 aliphatic carbocycles. The monoisotopic (exact) mass is 360 g/mol. The number of benzene rings is 2. The molecule has 0 bridgehead atoms. The second-order valence-corrected chi connectivity index (χ2v) is 7.15. The van der Waals surface area contributed by atoms with E-state index in [1.165, 1.54) is 11.1 Å². The van der Waals surface area contributed by atoms with Crippen molar-refractivity contribution in [1.82, 2.24) is 5.01 Å². The molecule has 1 aliphatic heterocycles. The fraction of sp³-hybridized carbons (Fsp3) is 0.304. The SMILES string of the molecule is COc1ccc([C@H]2[C@@H]3CCC/C(=C/c4ccccc4)C3=NN2C(C)=O)cc1. The summed E-state index contributed by atoms with van der Waals surface area (Å²) in [6.07, 6.45) is 5.39. The molecule has 4 rings (SSSR count). The summed E-state index contributed by atoms with van der Waals surface area (Å²) in [5.74, 6) is 1.04. The van der Waals surface area contributed by atoms with Crippen molar-refractivity contribution in [2.45, 2.75) is 32.2 Å². The first-order valence-electron chi connectivity index (χ1n) is 9.45. The number of hydrogen-bond acceptors (Lipinski definition) is 3. The molecule has 0 unspecified atom stereocenters. The van der Waals surface area contributed by atoms with E-state index in [4.69, 9.17) is 9.84 Å². The van der Waals surface area contributed by atoms with Crippen LogP contribution in [-0.2, 0) is 4.79 Å². The van der Waals surface area contributed by atoms with E-state index >= 15 is 0 Å². The third-order valence-electron chi connectivity index (χ3n) is 5.42. The predicted molar refractivity (Wildman–Crippen MR) is 107 cm³/mol. The van der Waals surface area contributed by atoms with Crippen LogP contribution in [0.25, 0.3) is 6.08 Å². The molecule has 0 saturated heterocycles. The van der Waals surface area contributed by atoms with Crippen LogP contribution in [0.1, 0.15) is 43.4 Å². The average Bonchev–Trinajstić information content (AvgIpc) is 3.10. The number of ether oxygens (including phenoxy) is 1. The van der Waals surface area contributed by atoms with Crippen molar-refractivity contribution in [1.29, 1.82) is 0 Å². The van der Waals surface area contributed by atoms with E-state index in [1.54, 1.807) is 19.0 Å². The van der Waals surface area contributed by atoms with Crippen LogP contribution in [-0.4, -0.2) is 23.7 Å². The Hall–Kier alpha value is -2.88. The van der Waals surface area contributed by atoms with Crippen molar-refractivity contribution < 1.29 is 9.53 Å². The quantitative estimate of drug-likeness (QED) is 0.786. The zero-order valence-corrected chi connectivity index (χ0v) is 15.8. The maximum absolute atomic E-state index is 12.3. The molecule has 27 heavy (non-hydrogen) atoms. The molecule has 1 saturated carbocycles. The molecule has 2 aliphatic rings. The van der Waals surface area contributed by atoms with Crippen LogP contribution >= 0.6 is 0 Å². The first-order chi connectivity index (χ1) is 13.2. The molecule has 138 valence electrons. The number of rotatable bonds is 3. The molecule has 1 amide bonds. The summed E-state index contributed by atoms with van der Waals surface area (Å²) in [4.78, 5) is 12.3. The maximum Gasteiger partial charge on any atom is 0.240 e. The van der Waals surface area contributed by atoms with Crippen LogP contribution in [0.2, 0.25) is 0 Å². The van der Waals surface area contributed by atoms with Gasteiger partial charge in [0.1, 0.15) is 5.75 Å². The Labute approximate surface area is 160 Å². The number of hydrazone groups is 1. The van der Waals surface area contributed by atoms with Crippen LogP contribution in [0.15, 0.2) is 65.3 Å². The molecule has 2 aromatic carbocycles. The van der Waals surface area contributed by atoms with E-state index in [-0.39, 0.29) is 17.9 Å². The summed E-state index contributed by atoms with van der Waals surface area (Å²) >= 11 is 0. The molecule has 0 radical (unpaired) electrons. The zero-order chi connectivity index (χ0) is 18.8. The molecule has 1 fully saturated rings. The number of fused-ring (bicyclic) bond motifs is 1. The average molecular weight is 360 g/mol. The smallest absolute Gasteiger partial charge is 0.240 e. The van der Waals surface area contributed by atoms with E-state index in [9.17, 15) is 4.79 Å². The molecule has 4 heteroatoms. The Morgan fingerprint density at radius 3 is 2.56 bits per heavy atom. The number of hydrogen-bond donors (Lipinski definition) is 0. The van der Waals surface area contributed by atoms with Crippen LogP contribution in [0.5, 0.6) is 5.75 Å². The molecule has 0 aromatic heterocycles. The standard InChI is InChI=1S/C23H24N2O2/c1-16(26)25-23(18-11-13-20(27-2)14-12-18)21-10-6-9-19(22(21)24-25)15-17-7-4-3-5-8-17/h3-5,7-8,11-15,21,23H,6,9-10H2,1-2H3/b19-15-/t21-,23+/m1/s1. The highest BCUT2D eigenvalue weighted by molar-refractivity contribution is 6.08. The number of nitrogens with zero attached hydrogens (tertiary/aromatic N) is 2. The number of carbonyl (C=O) groups excluding carboxylic acids is 1. The van der Waals surface area contributed by atoms with Gasteiger partial charge in [0, 0.05) is 12.8 Å². The van der Waals surface area contributed by atoms with E-state index in [1.807, 2.05) is 42.5 Å². The van der Waals surface area contributed by atoms with Crippen molar-refractivity contribution in [2.75, 3.05) is 7.11 Å². The normalized spacial score (nSPS) is 23.1. The largest absolute Gasteiger partial charge is 0.497 e. The van der Waals surface area contributed by atoms with Gasteiger partial charge >= 0.3 is 0 Å². The molecule has 0 N–H and O–H groups in total. The van der Waals surface area contributed by atoms with Crippen molar-refractivity contribution in [3.63, 3.8) is 0 Å². The highest BCUT2D eigenvalue weighted by Gasteiger charge is 2.42. The molecular formula is C23H24N2O2. The van der Waals surface area contributed by atoms with Gasteiger partial charge in [0.2, 0.25) is 5.91 Å². The highest BCUT2D eigenvalue weighted by Crippen LogP contribution is 2.44. The van der Waals surface area contributed by atoms with Gasteiger partial charge in [-0.25, -0.2) is 5.01 Å². The first-order valence-corrected chi connectivity index (χ1v) is 9.45. The lowest BCUT2D eigenvalue weighted by Crippen LogP contribution is -2.30. The summed E-state index contributed by atoms with van der Waals surface area (Å²) < 4.78 is 5.28.